The third kappa shape index (κ3) is 8.27. The molecule has 0 bridgehead atoms. The summed E-state index contributed by atoms with van der Waals surface area (Å²) in [4.78, 5) is 45.0. The molecule has 0 aliphatic heterocycles. The fourth-order valence-electron chi connectivity index (χ4n) is 4.12. The number of thiazole rings is 1. The number of benzene rings is 4. The predicted molar refractivity (Wildman–Crippen MR) is 175 cm³/mol. The van der Waals surface area contributed by atoms with Gasteiger partial charge in [-0.1, -0.05) is 60.7 Å². The molecule has 0 radical (unpaired) electrons. The fraction of sp³-hybridized carbons (Fsp3) is 0.0588. The first-order chi connectivity index (χ1) is 21.3. The van der Waals surface area contributed by atoms with E-state index in [1.807, 2.05) is 37.3 Å². The van der Waals surface area contributed by atoms with Gasteiger partial charge in [-0.15, -0.1) is 23.1 Å². The third-order valence-electron chi connectivity index (χ3n) is 6.28. The molecule has 5 aromatic rings. The summed E-state index contributed by atoms with van der Waals surface area (Å²) in [5, 5.41) is 8.87. The van der Waals surface area contributed by atoms with Gasteiger partial charge in [0.25, 0.3) is 11.8 Å². The quantitative estimate of drug-likeness (QED) is 0.111. The van der Waals surface area contributed by atoms with E-state index in [4.69, 9.17) is 0 Å². The summed E-state index contributed by atoms with van der Waals surface area (Å²) >= 11 is 2.78. The second kappa shape index (κ2) is 14.4. The van der Waals surface area contributed by atoms with E-state index in [2.05, 4.69) is 20.9 Å². The van der Waals surface area contributed by atoms with Crippen molar-refractivity contribution in [1.29, 1.82) is 0 Å². The van der Waals surface area contributed by atoms with Gasteiger partial charge >= 0.3 is 0 Å². The average Bonchev–Trinajstić information content (AvgIpc) is 3.41. The fourth-order valence-corrected chi connectivity index (χ4v) is 5.67. The van der Waals surface area contributed by atoms with Crippen LogP contribution in [0.25, 0.3) is 17.3 Å². The summed E-state index contributed by atoms with van der Waals surface area (Å²) in [7, 11) is 0. The molecule has 7 nitrogen and oxygen atoms in total. The topological polar surface area (TPSA) is 100 Å². The van der Waals surface area contributed by atoms with Gasteiger partial charge in [0.2, 0.25) is 5.91 Å². The lowest BCUT2D eigenvalue weighted by Gasteiger charge is -2.12. The highest BCUT2D eigenvalue weighted by molar-refractivity contribution is 8.00. The Kier molecular flexibility index (Phi) is 9.96. The van der Waals surface area contributed by atoms with Crippen molar-refractivity contribution in [2.45, 2.75) is 11.8 Å². The van der Waals surface area contributed by atoms with Gasteiger partial charge in [-0.3, -0.25) is 14.4 Å². The Bertz CT molecular complexity index is 1790. The Balaban J connectivity index is 1.19. The van der Waals surface area contributed by atoms with Crippen molar-refractivity contribution in [3.8, 4) is 11.3 Å². The number of nitrogens with one attached hydrogen (secondary N) is 3. The van der Waals surface area contributed by atoms with Crippen molar-refractivity contribution in [1.82, 2.24) is 10.3 Å². The van der Waals surface area contributed by atoms with Crippen molar-refractivity contribution < 1.29 is 18.8 Å². The van der Waals surface area contributed by atoms with E-state index in [-0.39, 0.29) is 17.4 Å². The van der Waals surface area contributed by atoms with Crippen LogP contribution in [-0.2, 0) is 9.59 Å². The third-order valence-corrected chi connectivity index (χ3v) is 8.18. The molecule has 10 heteroatoms. The van der Waals surface area contributed by atoms with Gasteiger partial charge in [0, 0.05) is 26.6 Å². The lowest BCUT2D eigenvalue weighted by Crippen LogP contribution is -2.30. The number of amides is 3. The number of halogens is 1. The first-order valence-electron chi connectivity index (χ1n) is 13.5. The number of hydrogen-bond donors (Lipinski definition) is 3. The van der Waals surface area contributed by atoms with Crippen LogP contribution in [0.15, 0.2) is 120 Å². The van der Waals surface area contributed by atoms with Gasteiger partial charge in [0.1, 0.15) is 11.5 Å². The summed E-state index contributed by atoms with van der Waals surface area (Å²) in [5.41, 5.74) is 3.27. The van der Waals surface area contributed by atoms with E-state index in [0.717, 1.165) is 21.0 Å². The Morgan fingerprint density at radius 3 is 2.18 bits per heavy atom. The largest absolute Gasteiger partial charge is 0.321 e. The molecule has 0 unspecified atom stereocenters. The molecule has 0 saturated heterocycles. The molecular formula is C34H27FN4O3S2. The zero-order valence-corrected chi connectivity index (χ0v) is 25.2. The lowest BCUT2D eigenvalue weighted by atomic mass is 10.1. The molecule has 0 fully saturated rings. The number of anilines is 2. The summed E-state index contributed by atoms with van der Waals surface area (Å²) in [6.07, 6.45) is 1.48. The van der Waals surface area contributed by atoms with E-state index < -0.39 is 17.6 Å². The second-order valence-corrected chi connectivity index (χ2v) is 11.8. The standard InChI is InChI=1S/C34H27FN4O3S2/c1-22-31(24-8-4-2-5-9-24)39-34(44-22)38-30(40)21-43-28-18-16-27(17-19-28)36-33(42)29(20-23-12-14-26(35)15-13-23)37-32(41)25-10-6-3-7-11-25/h2-20H,21H2,1H3,(H,36,42)(H,37,41)(H,38,39,40)/b29-20-. The van der Waals surface area contributed by atoms with Gasteiger partial charge in [0.15, 0.2) is 5.13 Å². The summed E-state index contributed by atoms with van der Waals surface area (Å²) in [6.45, 7) is 1.98. The average molecular weight is 623 g/mol. The Labute approximate surface area is 262 Å². The van der Waals surface area contributed by atoms with E-state index in [0.29, 0.717) is 21.9 Å². The normalized spacial score (nSPS) is 11.1. The molecule has 1 aromatic heterocycles. The number of aromatic nitrogens is 1. The number of hydrogen-bond acceptors (Lipinski definition) is 6. The Morgan fingerprint density at radius 2 is 1.50 bits per heavy atom. The molecule has 0 aliphatic carbocycles. The van der Waals surface area contributed by atoms with Crippen molar-refractivity contribution in [2.24, 2.45) is 0 Å². The highest BCUT2D eigenvalue weighted by Gasteiger charge is 2.16. The van der Waals surface area contributed by atoms with Crippen molar-refractivity contribution >= 4 is 57.7 Å². The van der Waals surface area contributed by atoms with Crippen molar-refractivity contribution in [3.05, 3.63) is 137 Å². The number of rotatable bonds is 10. The van der Waals surface area contributed by atoms with Gasteiger partial charge in [-0.2, -0.15) is 0 Å². The van der Waals surface area contributed by atoms with Crippen LogP contribution in [-0.4, -0.2) is 28.5 Å². The first kappa shape index (κ1) is 30.4. The maximum Gasteiger partial charge on any atom is 0.272 e. The smallest absolute Gasteiger partial charge is 0.272 e. The van der Waals surface area contributed by atoms with Crippen molar-refractivity contribution in [3.63, 3.8) is 0 Å². The lowest BCUT2D eigenvalue weighted by molar-refractivity contribution is -0.114. The summed E-state index contributed by atoms with van der Waals surface area (Å²) in [6, 6.07) is 30.9. The maximum atomic E-state index is 13.4. The molecule has 0 atom stereocenters. The maximum absolute atomic E-state index is 13.4. The Morgan fingerprint density at radius 1 is 0.841 bits per heavy atom. The Hall–Kier alpha value is -5.06. The number of aryl methyl sites for hydroxylation is 1. The zero-order valence-electron chi connectivity index (χ0n) is 23.5. The van der Waals surface area contributed by atoms with Crippen LogP contribution in [0, 0.1) is 12.7 Å². The van der Waals surface area contributed by atoms with E-state index >= 15 is 0 Å². The minimum Gasteiger partial charge on any atom is -0.321 e. The minimum absolute atomic E-state index is 0.00608. The van der Waals surface area contributed by atoms with Crippen molar-refractivity contribution in [2.75, 3.05) is 16.4 Å². The minimum atomic E-state index is -0.549. The molecule has 1 heterocycles. The zero-order chi connectivity index (χ0) is 30.9. The van der Waals surface area contributed by atoms with E-state index in [1.54, 1.807) is 54.6 Å². The molecule has 3 amide bonds. The van der Waals surface area contributed by atoms with E-state index in [1.165, 1.54) is 53.4 Å². The van der Waals surface area contributed by atoms with Gasteiger partial charge < -0.3 is 16.0 Å². The number of carbonyl (C=O) groups is 3. The van der Waals surface area contributed by atoms with Gasteiger partial charge in [0.05, 0.1) is 11.4 Å². The van der Waals surface area contributed by atoms with E-state index in [9.17, 15) is 18.8 Å². The molecule has 44 heavy (non-hydrogen) atoms. The highest BCUT2D eigenvalue weighted by atomic mass is 32.2. The summed E-state index contributed by atoms with van der Waals surface area (Å²) < 4.78 is 13.4. The molecule has 5 rings (SSSR count). The first-order valence-corrected chi connectivity index (χ1v) is 15.3. The molecule has 0 aliphatic rings. The molecule has 220 valence electrons. The van der Waals surface area contributed by atoms with Crippen LogP contribution in [0.2, 0.25) is 0 Å². The number of nitrogens with zero attached hydrogens (tertiary/aromatic N) is 1. The van der Waals surface area contributed by atoms with Crippen LogP contribution in [0.5, 0.6) is 0 Å². The molecule has 0 saturated carbocycles. The second-order valence-electron chi connectivity index (χ2n) is 9.53. The van der Waals surface area contributed by atoms with Crippen LogP contribution in [0.4, 0.5) is 15.2 Å². The van der Waals surface area contributed by atoms with Gasteiger partial charge in [-0.25, -0.2) is 9.37 Å². The molecular weight excluding hydrogens is 596 g/mol. The predicted octanol–water partition coefficient (Wildman–Crippen LogP) is 7.40. The molecule has 3 N–H and O–H groups in total. The van der Waals surface area contributed by atoms with Crippen LogP contribution in [0.3, 0.4) is 0 Å². The summed E-state index contributed by atoms with van der Waals surface area (Å²) in [5.74, 6) is -1.41. The van der Waals surface area contributed by atoms with Crippen LogP contribution < -0.4 is 16.0 Å². The van der Waals surface area contributed by atoms with Gasteiger partial charge in [-0.05, 0) is 67.1 Å². The SMILES string of the molecule is Cc1sc(NC(=O)CSc2ccc(NC(=O)/C(=C/c3ccc(F)cc3)NC(=O)c3ccccc3)cc2)nc1-c1ccccc1. The van der Waals surface area contributed by atoms with Crippen LogP contribution in [0.1, 0.15) is 20.8 Å². The van der Waals surface area contributed by atoms with Crippen LogP contribution >= 0.6 is 23.1 Å². The number of thioether (sulfide) groups is 1. The molecule has 4 aromatic carbocycles. The molecule has 0 spiro atoms. The highest BCUT2D eigenvalue weighted by Crippen LogP contribution is 2.30. The number of carbonyl (C=O) groups excluding carboxylic acids is 3. The monoisotopic (exact) mass is 622 g/mol.